The third-order valence-corrected chi connectivity index (χ3v) is 6.43. The number of amides is 1. The summed E-state index contributed by atoms with van der Waals surface area (Å²) in [4.78, 5) is 20.7. The Morgan fingerprint density at radius 3 is 2.37 bits per heavy atom. The second-order valence-electron chi connectivity index (χ2n) is 10.6. The van der Waals surface area contributed by atoms with Gasteiger partial charge in [-0.05, 0) is 27.8 Å². The number of nitrogens with zero attached hydrogens (tertiary/aromatic N) is 7. The van der Waals surface area contributed by atoms with Crippen LogP contribution in [-0.2, 0) is 17.9 Å². The summed E-state index contributed by atoms with van der Waals surface area (Å²) < 4.78 is 3.55. The maximum absolute atomic E-state index is 13.8. The molecule has 0 radical (unpaired) electrons. The Hall–Kier alpha value is -3.89. The Morgan fingerprint density at radius 1 is 1.08 bits per heavy atom. The number of aromatic nitrogens is 6. The zero-order valence-corrected chi connectivity index (χ0v) is 22.2. The van der Waals surface area contributed by atoms with E-state index in [4.69, 9.17) is 10.7 Å². The summed E-state index contributed by atoms with van der Waals surface area (Å²) in [6.45, 7) is 7.09. The zero-order chi connectivity index (χ0) is 27.1. The Kier molecular flexibility index (Phi) is 8.65. The maximum Gasteiger partial charge on any atom is 0.245 e. The SMILES string of the molecule is CC(C)(C)[C@H](c1nc(-c2ccccc2)cn1Cc1ccccc1)N(CC[C@H](N)CO)C(=O)Cn1cnnn1. The van der Waals surface area contributed by atoms with E-state index in [2.05, 4.69) is 59.2 Å². The molecule has 200 valence electrons. The lowest BCUT2D eigenvalue weighted by atomic mass is 9.84. The minimum absolute atomic E-state index is 0.0150. The molecule has 0 fully saturated rings. The van der Waals surface area contributed by atoms with Gasteiger partial charge in [0, 0.05) is 30.9 Å². The molecule has 0 unspecified atom stereocenters. The number of rotatable bonds is 11. The number of benzene rings is 2. The van der Waals surface area contributed by atoms with Gasteiger partial charge in [-0.25, -0.2) is 9.67 Å². The van der Waals surface area contributed by atoms with Crippen molar-refractivity contribution in [3.8, 4) is 11.3 Å². The lowest BCUT2D eigenvalue weighted by Gasteiger charge is -2.40. The molecule has 38 heavy (non-hydrogen) atoms. The first-order valence-corrected chi connectivity index (χ1v) is 12.8. The van der Waals surface area contributed by atoms with E-state index >= 15 is 0 Å². The van der Waals surface area contributed by atoms with E-state index in [1.807, 2.05) is 53.4 Å². The van der Waals surface area contributed by atoms with E-state index in [9.17, 15) is 9.90 Å². The monoisotopic (exact) mass is 516 g/mol. The van der Waals surface area contributed by atoms with E-state index in [1.165, 1.54) is 11.0 Å². The Bertz CT molecular complexity index is 1280. The second kappa shape index (κ2) is 12.1. The molecule has 2 aromatic heterocycles. The van der Waals surface area contributed by atoms with Gasteiger partial charge in [-0.15, -0.1) is 5.10 Å². The summed E-state index contributed by atoms with van der Waals surface area (Å²) in [5.74, 6) is 0.626. The number of hydrogen-bond donors (Lipinski definition) is 2. The van der Waals surface area contributed by atoms with E-state index in [-0.39, 0.29) is 24.5 Å². The predicted octanol–water partition coefficient (Wildman–Crippen LogP) is 2.91. The van der Waals surface area contributed by atoms with E-state index in [0.29, 0.717) is 19.5 Å². The van der Waals surface area contributed by atoms with Crippen LogP contribution >= 0.6 is 0 Å². The molecule has 10 heteroatoms. The summed E-state index contributed by atoms with van der Waals surface area (Å²) in [5, 5.41) is 20.8. The van der Waals surface area contributed by atoms with Crippen LogP contribution in [0.2, 0.25) is 0 Å². The lowest BCUT2D eigenvalue weighted by molar-refractivity contribution is -0.137. The van der Waals surface area contributed by atoms with Crippen molar-refractivity contribution in [2.45, 2.75) is 52.4 Å². The number of nitrogens with two attached hydrogens (primary N) is 1. The molecular formula is C28H36N8O2. The number of carbonyl (C=O) groups excluding carboxylic acids is 1. The van der Waals surface area contributed by atoms with Crippen molar-refractivity contribution in [1.82, 2.24) is 34.7 Å². The average Bonchev–Trinajstić information content (AvgIpc) is 3.56. The smallest absolute Gasteiger partial charge is 0.245 e. The van der Waals surface area contributed by atoms with Gasteiger partial charge in [0.15, 0.2) is 0 Å². The lowest BCUT2D eigenvalue weighted by Crippen LogP contribution is -2.46. The Labute approximate surface area is 223 Å². The van der Waals surface area contributed by atoms with Crippen molar-refractivity contribution in [2.75, 3.05) is 13.2 Å². The highest BCUT2D eigenvalue weighted by Gasteiger charge is 2.38. The van der Waals surface area contributed by atoms with Gasteiger partial charge >= 0.3 is 0 Å². The molecule has 4 aromatic rings. The van der Waals surface area contributed by atoms with Crippen LogP contribution < -0.4 is 5.73 Å². The third kappa shape index (κ3) is 6.70. The van der Waals surface area contributed by atoms with Crippen molar-refractivity contribution in [3.05, 3.63) is 84.6 Å². The van der Waals surface area contributed by atoms with Crippen LogP contribution in [0.3, 0.4) is 0 Å². The zero-order valence-electron chi connectivity index (χ0n) is 22.2. The molecule has 0 aliphatic heterocycles. The van der Waals surface area contributed by atoms with Crippen LogP contribution in [-0.4, -0.2) is 64.9 Å². The number of aliphatic hydroxyl groups excluding tert-OH is 1. The van der Waals surface area contributed by atoms with Crippen LogP contribution in [0.25, 0.3) is 11.3 Å². The second-order valence-corrected chi connectivity index (χ2v) is 10.6. The van der Waals surface area contributed by atoms with Gasteiger partial charge in [-0.2, -0.15) is 0 Å². The molecule has 0 aliphatic carbocycles. The van der Waals surface area contributed by atoms with E-state index < -0.39 is 12.1 Å². The van der Waals surface area contributed by atoms with Crippen molar-refractivity contribution >= 4 is 5.91 Å². The van der Waals surface area contributed by atoms with Crippen LogP contribution in [0.4, 0.5) is 0 Å². The van der Waals surface area contributed by atoms with Crippen molar-refractivity contribution in [1.29, 1.82) is 0 Å². The molecule has 3 N–H and O–H groups in total. The fourth-order valence-electron chi connectivity index (χ4n) is 4.57. The first kappa shape index (κ1) is 27.2. The quantitative estimate of drug-likeness (QED) is 0.314. The summed E-state index contributed by atoms with van der Waals surface area (Å²) in [6, 6.07) is 19.4. The molecule has 10 nitrogen and oxygen atoms in total. The van der Waals surface area contributed by atoms with Gasteiger partial charge in [0.05, 0.1) is 18.3 Å². The highest BCUT2D eigenvalue weighted by Crippen LogP contribution is 2.39. The molecule has 2 atom stereocenters. The first-order chi connectivity index (χ1) is 18.3. The first-order valence-electron chi connectivity index (χ1n) is 12.8. The highest BCUT2D eigenvalue weighted by molar-refractivity contribution is 5.76. The van der Waals surface area contributed by atoms with Crippen molar-refractivity contribution in [3.63, 3.8) is 0 Å². The average molecular weight is 517 g/mol. The minimum atomic E-state index is -0.442. The van der Waals surface area contributed by atoms with Gasteiger partial charge in [0.2, 0.25) is 5.91 Å². The Morgan fingerprint density at radius 2 is 1.76 bits per heavy atom. The van der Waals surface area contributed by atoms with Gasteiger partial charge in [-0.1, -0.05) is 81.4 Å². The van der Waals surface area contributed by atoms with Crippen LogP contribution in [0, 0.1) is 5.41 Å². The Balaban J connectivity index is 1.81. The molecule has 0 saturated carbocycles. The maximum atomic E-state index is 13.8. The standard InChI is InChI=1S/C28H36N8O2/c1-28(2,3)26(36(15-14-23(29)19-37)25(38)18-35-20-30-32-33-35)27-31-24(22-12-8-5-9-13-22)17-34(27)16-21-10-6-4-7-11-21/h4-13,17,20,23,26,37H,14-16,18-19,29H2,1-3H3/t23-,26-/m0/s1. The molecule has 2 heterocycles. The molecule has 0 saturated heterocycles. The van der Waals surface area contributed by atoms with Gasteiger partial charge in [0.25, 0.3) is 0 Å². The van der Waals surface area contributed by atoms with Crippen molar-refractivity contribution < 1.29 is 9.90 Å². The molecule has 0 spiro atoms. The van der Waals surface area contributed by atoms with E-state index in [1.54, 1.807) is 0 Å². The number of hydrogen-bond acceptors (Lipinski definition) is 7. The minimum Gasteiger partial charge on any atom is -0.395 e. The van der Waals surface area contributed by atoms with Gasteiger partial charge in [0.1, 0.15) is 18.7 Å². The fraction of sp³-hybridized carbons (Fsp3) is 0.393. The van der Waals surface area contributed by atoms with Crippen LogP contribution in [0.5, 0.6) is 0 Å². The van der Waals surface area contributed by atoms with Crippen LogP contribution in [0.1, 0.15) is 44.6 Å². The largest absolute Gasteiger partial charge is 0.395 e. The number of carbonyl (C=O) groups is 1. The fourth-order valence-corrected chi connectivity index (χ4v) is 4.57. The summed E-state index contributed by atoms with van der Waals surface area (Å²) in [5.41, 5.74) is 8.66. The molecule has 0 bridgehead atoms. The summed E-state index contributed by atoms with van der Waals surface area (Å²) in [6.07, 6.45) is 3.92. The predicted molar refractivity (Wildman–Crippen MR) is 145 cm³/mol. The van der Waals surface area contributed by atoms with Crippen LogP contribution in [0.15, 0.2) is 73.2 Å². The summed E-state index contributed by atoms with van der Waals surface area (Å²) in [7, 11) is 0. The molecule has 2 aromatic carbocycles. The molecular weight excluding hydrogens is 480 g/mol. The third-order valence-electron chi connectivity index (χ3n) is 6.43. The topological polar surface area (TPSA) is 128 Å². The highest BCUT2D eigenvalue weighted by atomic mass is 16.3. The number of tetrazole rings is 1. The van der Waals surface area contributed by atoms with Gasteiger partial charge in [-0.3, -0.25) is 4.79 Å². The number of aliphatic hydroxyl groups is 1. The van der Waals surface area contributed by atoms with Gasteiger partial charge < -0.3 is 20.3 Å². The molecule has 4 rings (SSSR count). The molecule has 0 aliphatic rings. The summed E-state index contributed by atoms with van der Waals surface area (Å²) >= 11 is 0. The number of imidazole rings is 1. The van der Waals surface area contributed by atoms with Crippen molar-refractivity contribution in [2.24, 2.45) is 11.1 Å². The normalized spacial score (nSPS) is 13.3. The van der Waals surface area contributed by atoms with E-state index in [0.717, 1.165) is 22.6 Å². The molecule has 1 amide bonds.